The van der Waals surface area contributed by atoms with Crippen molar-refractivity contribution in [2.24, 2.45) is 0 Å². The Bertz CT molecular complexity index is 616. The summed E-state index contributed by atoms with van der Waals surface area (Å²) in [5.74, 6) is 0. The smallest absolute Gasteiger partial charge is 0.112 e. The highest BCUT2D eigenvalue weighted by atomic mass is 32.1. The van der Waals surface area contributed by atoms with Gasteiger partial charge in [0.1, 0.15) is 5.01 Å². The van der Waals surface area contributed by atoms with Gasteiger partial charge in [0.15, 0.2) is 0 Å². The molecule has 4 nitrogen and oxygen atoms in total. The first-order valence-corrected chi connectivity index (χ1v) is 6.12. The molecule has 0 saturated heterocycles. The molecule has 0 bridgehead atoms. The molecule has 3 aromatic rings. The predicted octanol–water partition coefficient (Wildman–Crippen LogP) is 2.70. The molecular formula is C12H10N4S. The summed E-state index contributed by atoms with van der Waals surface area (Å²) in [6, 6.07) is 3.92. The van der Waals surface area contributed by atoms with Crippen LogP contribution in [-0.2, 0) is 6.54 Å². The molecule has 0 aliphatic rings. The minimum Gasteiger partial charge on any atom is -0.376 e. The first kappa shape index (κ1) is 10.2. The Morgan fingerprint density at radius 1 is 1.18 bits per heavy atom. The summed E-state index contributed by atoms with van der Waals surface area (Å²) in [4.78, 5) is 12.8. The number of pyridine rings is 2. The van der Waals surface area contributed by atoms with Crippen LogP contribution in [0.15, 0.2) is 42.3 Å². The van der Waals surface area contributed by atoms with Gasteiger partial charge in [-0.05, 0) is 12.1 Å². The van der Waals surface area contributed by atoms with Gasteiger partial charge in [0.2, 0.25) is 0 Å². The quantitative estimate of drug-likeness (QED) is 0.767. The molecule has 0 aliphatic heterocycles. The number of nitrogens with one attached hydrogen (secondary N) is 1. The normalized spacial score (nSPS) is 10.6. The van der Waals surface area contributed by atoms with Crippen LogP contribution in [0.2, 0.25) is 0 Å². The lowest BCUT2D eigenvalue weighted by Gasteiger charge is -2.06. The van der Waals surface area contributed by atoms with E-state index in [1.807, 2.05) is 23.7 Å². The molecule has 5 heteroatoms. The molecule has 0 atom stereocenters. The summed E-state index contributed by atoms with van der Waals surface area (Å²) >= 11 is 1.63. The standard InChI is InChI=1S/C12H10N4S/c1-2-9-6-13-7-10(12(9)15-3-1)16-8-11-14-4-5-17-11/h1-7,16H,8H2. The zero-order chi connectivity index (χ0) is 11.5. The molecular weight excluding hydrogens is 232 g/mol. The second kappa shape index (κ2) is 4.47. The lowest BCUT2D eigenvalue weighted by Crippen LogP contribution is -2.00. The molecule has 3 heterocycles. The van der Waals surface area contributed by atoms with E-state index in [4.69, 9.17) is 0 Å². The highest BCUT2D eigenvalue weighted by Gasteiger charge is 2.02. The van der Waals surface area contributed by atoms with Gasteiger partial charge in [0.25, 0.3) is 0 Å². The van der Waals surface area contributed by atoms with Gasteiger partial charge in [-0.15, -0.1) is 11.3 Å². The summed E-state index contributed by atoms with van der Waals surface area (Å²) in [5.41, 5.74) is 1.89. The van der Waals surface area contributed by atoms with Crippen LogP contribution >= 0.6 is 11.3 Å². The van der Waals surface area contributed by atoms with E-state index in [9.17, 15) is 0 Å². The third kappa shape index (κ3) is 2.09. The maximum absolute atomic E-state index is 4.36. The first-order chi connectivity index (χ1) is 8.43. The van der Waals surface area contributed by atoms with Crippen LogP contribution in [0.4, 0.5) is 5.69 Å². The topological polar surface area (TPSA) is 50.7 Å². The van der Waals surface area contributed by atoms with Crippen molar-refractivity contribution in [2.45, 2.75) is 6.54 Å². The van der Waals surface area contributed by atoms with Crippen LogP contribution in [0.5, 0.6) is 0 Å². The van der Waals surface area contributed by atoms with Gasteiger partial charge in [-0.3, -0.25) is 9.97 Å². The van der Waals surface area contributed by atoms with Crippen molar-refractivity contribution in [1.29, 1.82) is 0 Å². The first-order valence-electron chi connectivity index (χ1n) is 5.24. The van der Waals surface area contributed by atoms with Gasteiger partial charge in [-0.2, -0.15) is 0 Å². The summed E-state index contributed by atoms with van der Waals surface area (Å²) in [7, 11) is 0. The van der Waals surface area contributed by atoms with Gasteiger partial charge in [-0.1, -0.05) is 0 Å². The fraction of sp³-hybridized carbons (Fsp3) is 0.0833. The molecule has 3 aromatic heterocycles. The Morgan fingerprint density at radius 3 is 3.06 bits per heavy atom. The molecule has 0 unspecified atom stereocenters. The largest absolute Gasteiger partial charge is 0.376 e. The van der Waals surface area contributed by atoms with E-state index in [-0.39, 0.29) is 0 Å². The molecule has 0 aliphatic carbocycles. The van der Waals surface area contributed by atoms with Crippen molar-refractivity contribution < 1.29 is 0 Å². The average molecular weight is 242 g/mol. The lowest BCUT2D eigenvalue weighted by molar-refractivity contribution is 1.10. The van der Waals surface area contributed by atoms with Crippen LogP contribution in [0.25, 0.3) is 10.9 Å². The number of hydrogen-bond acceptors (Lipinski definition) is 5. The number of nitrogens with zero attached hydrogens (tertiary/aromatic N) is 3. The second-order valence-corrected chi connectivity index (χ2v) is 4.52. The monoisotopic (exact) mass is 242 g/mol. The van der Waals surface area contributed by atoms with E-state index >= 15 is 0 Å². The number of thiazole rings is 1. The van der Waals surface area contributed by atoms with Crippen molar-refractivity contribution in [3.8, 4) is 0 Å². The van der Waals surface area contributed by atoms with Crippen LogP contribution in [0.3, 0.4) is 0 Å². The maximum Gasteiger partial charge on any atom is 0.112 e. The molecule has 0 spiro atoms. The zero-order valence-corrected chi connectivity index (χ0v) is 9.81. The molecule has 1 N–H and O–H groups in total. The van der Waals surface area contributed by atoms with Crippen LogP contribution < -0.4 is 5.32 Å². The number of aromatic nitrogens is 3. The molecule has 17 heavy (non-hydrogen) atoms. The molecule has 0 amide bonds. The maximum atomic E-state index is 4.36. The van der Waals surface area contributed by atoms with Gasteiger partial charge < -0.3 is 5.32 Å². The highest BCUT2D eigenvalue weighted by Crippen LogP contribution is 2.19. The van der Waals surface area contributed by atoms with E-state index in [1.165, 1.54) is 0 Å². The summed E-state index contributed by atoms with van der Waals surface area (Å²) < 4.78 is 0. The van der Waals surface area contributed by atoms with Gasteiger partial charge in [0.05, 0.1) is 23.9 Å². The SMILES string of the molecule is c1cnc2c(NCc3nccs3)cncc2c1. The third-order valence-electron chi connectivity index (χ3n) is 2.42. The van der Waals surface area contributed by atoms with Crippen molar-refractivity contribution >= 4 is 27.9 Å². The van der Waals surface area contributed by atoms with E-state index in [1.54, 1.807) is 29.9 Å². The third-order valence-corrected chi connectivity index (χ3v) is 3.20. The Morgan fingerprint density at radius 2 is 2.18 bits per heavy atom. The Labute approximate surface area is 102 Å². The Hall–Kier alpha value is -2.01. The van der Waals surface area contributed by atoms with Crippen LogP contribution in [-0.4, -0.2) is 15.0 Å². The van der Waals surface area contributed by atoms with Gasteiger partial charge >= 0.3 is 0 Å². The molecule has 0 radical (unpaired) electrons. The van der Waals surface area contributed by atoms with E-state index in [0.717, 1.165) is 21.6 Å². The zero-order valence-electron chi connectivity index (χ0n) is 9.00. The van der Waals surface area contributed by atoms with E-state index in [2.05, 4.69) is 20.3 Å². The Kier molecular flexibility index (Phi) is 2.67. The van der Waals surface area contributed by atoms with E-state index in [0.29, 0.717) is 6.54 Å². The average Bonchev–Trinajstić information content (AvgIpc) is 2.89. The molecule has 0 saturated carbocycles. The summed E-state index contributed by atoms with van der Waals surface area (Å²) in [6.45, 7) is 0.703. The minimum atomic E-state index is 0.703. The van der Waals surface area contributed by atoms with Crippen molar-refractivity contribution in [1.82, 2.24) is 15.0 Å². The predicted molar refractivity (Wildman–Crippen MR) is 69.0 cm³/mol. The number of fused-ring (bicyclic) bond motifs is 1. The fourth-order valence-electron chi connectivity index (χ4n) is 1.64. The van der Waals surface area contributed by atoms with Gasteiger partial charge in [0, 0.05) is 29.4 Å². The fourth-order valence-corrected chi connectivity index (χ4v) is 2.20. The van der Waals surface area contributed by atoms with Crippen LogP contribution in [0.1, 0.15) is 5.01 Å². The lowest BCUT2D eigenvalue weighted by atomic mass is 10.2. The van der Waals surface area contributed by atoms with Crippen molar-refractivity contribution in [2.75, 3.05) is 5.32 Å². The van der Waals surface area contributed by atoms with Crippen LogP contribution in [0, 0.1) is 0 Å². The summed E-state index contributed by atoms with van der Waals surface area (Å²) in [6.07, 6.45) is 7.21. The minimum absolute atomic E-state index is 0.703. The number of rotatable bonds is 3. The molecule has 3 rings (SSSR count). The molecule has 84 valence electrons. The van der Waals surface area contributed by atoms with E-state index < -0.39 is 0 Å². The van der Waals surface area contributed by atoms with Crippen molar-refractivity contribution in [3.05, 3.63) is 47.3 Å². The van der Waals surface area contributed by atoms with Gasteiger partial charge in [-0.25, -0.2) is 4.98 Å². The molecule has 0 fully saturated rings. The summed E-state index contributed by atoms with van der Waals surface area (Å²) in [5, 5.41) is 7.37. The molecule has 0 aromatic carbocycles. The second-order valence-electron chi connectivity index (χ2n) is 3.54. The van der Waals surface area contributed by atoms with Crippen molar-refractivity contribution in [3.63, 3.8) is 0 Å². The highest BCUT2D eigenvalue weighted by molar-refractivity contribution is 7.09. The number of anilines is 1. The Balaban J connectivity index is 1.90. The number of hydrogen-bond donors (Lipinski definition) is 1.